The molecule has 1 aromatic carbocycles. The maximum Gasteiger partial charge on any atom is 0.301 e. The van der Waals surface area contributed by atoms with Gasteiger partial charge < -0.3 is 10.1 Å². The molecule has 1 rings (SSSR count). The Balaban J connectivity index is 2.60. The Labute approximate surface area is 121 Å². The van der Waals surface area contributed by atoms with Gasteiger partial charge in [0, 0.05) is 13.6 Å². The molecule has 114 valence electrons. The van der Waals surface area contributed by atoms with E-state index in [9.17, 15) is 8.42 Å². The second-order valence-electron chi connectivity index (χ2n) is 4.34. The lowest BCUT2D eigenvalue weighted by molar-refractivity contribution is 0.340. The number of hydrogen-bond donors (Lipinski definition) is 2. The van der Waals surface area contributed by atoms with Crippen molar-refractivity contribution in [1.29, 1.82) is 0 Å². The number of ether oxygens (including phenoxy) is 1. The Hall–Kier alpha value is -1.31. The van der Waals surface area contributed by atoms with Crippen LogP contribution in [0, 0.1) is 0 Å². The van der Waals surface area contributed by atoms with Crippen LogP contribution in [0.2, 0.25) is 0 Å². The van der Waals surface area contributed by atoms with Gasteiger partial charge in [0.2, 0.25) is 0 Å². The molecule has 0 atom stereocenters. The van der Waals surface area contributed by atoms with Gasteiger partial charge in [-0.2, -0.15) is 12.7 Å². The van der Waals surface area contributed by atoms with Crippen LogP contribution in [-0.2, 0) is 10.2 Å². The highest BCUT2D eigenvalue weighted by atomic mass is 32.2. The summed E-state index contributed by atoms with van der Waals surface area (Å²) in [7, 11) is -0.102. The predicted molar refractivity (Wildman–Crippen MR) is 81.3 cm³/mol. The lowest BCUT2D eigenvalue weighted by Crippen LogP contribution is -2.34. The molecule has 0 heterocycles. The molecular weight excluding hydrogens is 278 g/mol. The molecular formula is C13H23N3O3S. The molecule has 7 heteroatoms. The standard InChI is InChI=1S/C13H23N3O3S/c1-4-19-13-8-6-12(7-9-13)15-20(17,18)16(3)11-5-10-14-2/h6-9,14-15H,4-5,10-11H2,1-3H3. The Kier molecular flexibility index (Phi) is 6.77. The van der Waals surface area contributed by atoms with Crippen molar-refractivity contribution >= 4 is 15.9 Å². The summed E-state index contributed by atoms with van der Waals surface area (Å²) in [5, 5.41) is 2.99. The Morgan fingerprint density at radius 3 is 2.45 bits per heavy atom. The molecule has 0 amide bonds. The number of nitrogens with zero attached hydrogens (tertiary/aromatic N) is 1. The summed E-state index contributed by atoms with van der Waals surface area (Å²) in [6.07, 6.45) is 0.761. The van der Waals surface area contributed by atoms with Crippen LogP contribution in [0.3, 0.4) is 0 Å². The SMILES string of the molecule is CCOc1ccc(NS(=O)(=O)N(C)CCCNC)cc1. The average Bonchev–Trinajstić information content (AvgIpc) is 2.41. The quantitative estimate of drug-likeness (QED) is 0.674. The molecule has 0 saturated carbocycles. The third kappa shape index (κ3) is 5.36. The fourth-order valence-corrected chi connectivity index (χ4v) is 2.57. The minimum absolute atomic E-state index is 0.465. The van der Waals surface area contributed by atoms with E-state index < -0.39 is 10.2 Å². The van der Waals surface area contributed by atoms with E-state index in [-0.39, 0.29) is 0 Å². The molecule has 1 aromatic rings. The molecule has 2 N–H and O–H groups in total. The zero-order valence-electron chi connectivity index (χ0n) is 12.2. The summed E-state index contributed by atoms with van der Waals surface area (Å²) in [5.41, 5.74) is 0.522. The van der Waals surface area contributed by atoms with Crippen molar-refractivity contribution in [2.24, 2.45) is 0 Å². The van der Waals surface area contributed by atoms with Gasteiger partial charge in [-0.3, -0.25) is 4.72 Å². The lowest BCUT2D eigenvalue weighted by Gasteiger charge is -2.18. The molecule has 0 aliphatic carbocycles. The molecule has 0 spiro atoms. The van der Waals surface area contributed by atoms with E-state index in [0.29, 0.717) is 18.8 Å². The van der Waals surface area contributed by atoms with E-state index in [4.69, 9.17) is 4.74 Å². The van der Waals surface area contributed by atoms with E-state index in [1.165, 1.54) is 4.31 Å². The summed E-state index contributed by atoms with van der Waals surface area (Å²) in [6.45, 7) is 3.73. The minimum atomic E-state index is -3.50. The summed E-state index contributed by atoms with van der Waals surface area (Å²) in [6, 6.07) is 6.85. The predicted octanol–water partition coefficient (Wildman–Crippen LogP) is 1.28. The molecule has 0 aliphatic heterocycles. The number of nitrogens with one attached hydrogen (secondary N) is 2. The summed E-state index contributed by atoms with van der Waals surface area (Å²) in [4.78, 5) is 0. The van der Waals surface area contributed by atoms with Crippen LogP contribution >= 0.6 is 0 Å². The van der Waals surface area contributed by atoms with Crippen LogP contribution in [0.5, 0.6) is 5.75 Å². The fourth-order valence-electron chi connectivity index (χ4n) is 1.61. The Morgan fingerprint density at radius 1 is 1.25 bits per heavy atom. The van der Waals surface area contributed by atoms with Crippen molar-refractivity contribution in [3.8, 4) is 5.75 Å². The first-order valence-corrected chi connectivity index (χ1v) is 8.05. The molecule has 0 saturated heterocycles. The maximum atomic E-state index is 12.1. The third-order valence-corrected chi connectivity index (χ3v) is 4.22. The first-order valence-electron chi connectivity index (χ1n) is 6.61. The van der Waals surface area contributed by atoms with E-state index in [1.807, 2.05) is 14.0 Å². The van der Waals surface area contributed by atoms with Gasteiger partial charge >= 0.3 is 10.2 Å². The number of rotatable bonds is 9. The van der Waals surface area contributed by atoms with Crippen LogP contribution < -0.4 is 14.8 Å². The second-order valence-corrected chi connectivity index (χ2v) is 6.12. The zero-order valence-corrected chi connectivity index (χ0v) is 13.0. The van der Waals surface area contributed by atoms with Gasteiger partial charge in [0.15, 0.2) is 0 Å². The van der Waals surface area contributed by atoms with Gasteiger partial charge in [0.05, 0.1) is 12.3 Å². The third-order valence-electron chi connectivity index (χ3n) is 2.72. The van der Waals surface area contributed by atoms with Crippen LogP contribution in [0.1, 0.15) is 13.3 Å². The number of anilines is 1. The minimum Gasteiger partial charge on any atom is -0.494 e. The van der Waals surface area contributed by atoms with Gasteiger partial charge in [-0.15, -0.1) is 0 Å². The molecule has 0 aliphatic rings. The highest BCUT2D eigenvalue weighted by Crippen LogP contribution is 2.17. The molecule has 0 bridgehead atoms. The van der Waals surface area contributed by atoms with Gasteiger partial charge in [-0.25, -0.2) is 0 Å². The van der Waals surface area contributed by atoms with E-state index in [0.717, 1.165) is 18.7 Å². The van der Waals surface area contributed by atoms with E-state index >= 15 is 0 Å². The smallest absolute Gasteiger partial charge is 0.301 e. The Morgan fingerprint density at radius 2 is 1.90 bits per heavy atom. The van der Waals surface area contributed by atoms with Crippen LogP contribution in [0.25, 0.3) is 0 Å². The van der Waals surface area contributed by atoms with Crippen molar-refractivity contribution in [3.05, 3.63) is 24.3 Å². The van der Waals surface area contributed by atoms with Crippen LogP contribution in [0.15, 0.2) is 24.3 Å². The second kappa shape index (κ2) is 8.08. The van der Waals surface area contributed by atoms with Crippen molar-refractivity contribution in [1.82, 2.24) is 9.62 Å². The highest BCUT2D eigenvalue weighted by molar-refractivity contribution is 7.90. The highest BCUT2D eigenvalue weighted by Gasteiger charge is 2.16. The summed E-state index contributed by atoms with van der Waals surface area (Å²) >= 11 is 0. The molecule has 0 fully saturated rings. The monoisotopic (exact) mass is 301 g/mol. The first kappa shape index (κ1) is 16.7. The topological polar surface area (TPSA) is 70.7 Å². The van der Waals surface area contributed by atoms with Crippen LogP contribution in [0.4, 0.5) is 5.69 Å². The molecule has 20 heavy (non-hydrogen) atoms. The summed E-state index contributed by atoms with van der Waals surface area (Å²) in [5.74, 6) is 0.720. The molecule has 0 aromatic heterocycles. The molecule has 0 radical (unpaired) electrons. The largest absolute Gasteiger partial charge is 0.494 e. The molecule has 0 unspecified atom stereocenters. The average molecular weight is 301 g/mol. The molecule has 6 nitrogen and oxygen atoms in total. The van der Waals surface area contributed by atoms with Crippen molar-refractivity contribution in [2.75, 3.05) is 38.5 Å². The lowest BCUT2D eigenvalue weighted by atomic mass is 10.3. The Bertz CT molecular complexity index is 488. The maximum absolute atomic E-state index is 12.1. The zero-order chi connectivity index (χ0) is 15.0. The van der Waals surface area contributed by atoms with Crippen molar-refractivity contribution in [2.45, 2.75) is 13.3 Å². The number of hydrogen-bond acceptors (Lipinski definition) is 4. The fraction of sp³-hybridized carbons (Fsp3) is 0.538. The number of benzene rings is 1. The van der Waals surface area contributed by atoms with E-state index in [2.05, 4.69) is 10.0 Å². The van der Waals surface area contributed by atoms with Gasteiger partial charge in [-0.1, -0.05) is 0 Å². The first-order chi connectivity index (χ1) is 9.49. The normalized spacial score (nSPS) is 11.6. The van der Waals surface area contributed by atoms with E-state index in [1.54, 1.807) is 31.3 Å². The van der Waals surface area contributed by atoms with Gasteiger partial charge in [-0.05, 0) is 51.2 Å². The van der Waals surface area contributed by atoms with Crippen LogP contribution in [-0.4, -0.2) is 46.5 Å². The van der Waals surface area contributed by atoms with Crippen molar-refractivity contribution in [3.63, 3.8) is 0 Å². The summed E-state index contributed by atoms with van der Waals surface area (Å²) < 4.78 is 33.3. The van der Waals surface area contributed by atoms with Crippen molar-refractivity contribution < 1.29 is 13.2 Å². The van der Waals surface area contributed by atoms with Gasteiger partial charge in [0.25, 0.3) is 0 Å². The van der Waals surface area contributed by atoms with Gasteiger partial charge in [0.1, 0.15) is 5.75 Å².